The molecule has 0 saturated carbocycles. The van der Waals surface area contributed by atoms with Crippen molar-refractivity contribution in [3.63, 3.8) is 0 Å². The summed E-state index contributed by atoms with van der Waals surface area (Å²) >= 11 is 0. The maximum atomic E-state index is 12.7. The number of ether oxygens (including phenoxy) is 3. The molecule has 0 fully saturated rings. The molecule has 0 aromatic heterocycles. The molecule has 0 N–H and O–H groups in total. The third-order valence-electron chi connectivity index (χ3n) is 8.37. The van der Waals surface area contributed by atoms with E-state index in [2.05, 4.69) is 68.5 Å². The average Bonchev–Trinajstić information content (AvgIpc) is 3.11. The number of nitrogens with zero attached hydrogens (tertiary/aromatic N) is 1. The van der Waals surface area contributed by atoms with Crippen LogP contribution in [0.2, 0.25) is 0 Å². The molecule has 300 valence electrons. The van der Waals surface area contributed by atoms with Crippen LogP contribution in [0.1, 0.15) is 129 Å². The van der Waals surface area contributed by atoms with Crippen LogP contribution in [-0.4, -0.2) is 75.5 Å². The van der Waals surface area contributed by atoms with E-state index in [0.29, 0.717) is 6.42 Å². The molecule has 0 aliphatic carbocycles. The number of hydrogen-bond acceptors (Lipinski definition) is 7. The Balaban J connectivity index is 4.50. The minimum atomic E-state index is -1.14. The number of allylic oxidation sites excluding steroid dienone is 14. The molecule has 0 heterocycles. The monoisotopic (exact) mass is 740 g/mol. The van der Waals surface area contributed by atoms with Crippen molar-refractivity contribution in [2.75, 3.05) is 41.0 Å². The number of quaternary nitrogens is 1. The molecule has 2 unspecified atom stereocenters. The first kappa shape index (κ1) is 49.5. The fourth-order valence-electron chi connectivity index (χ4n) is 5.27. The molecule has 0 aromatic rings. The molecule has 0 radical (unpaired) electrons. The van der Waals surface area contributed by atoms with Crippen LogP contribution in [-0.2, 0) is 28.6 Å². The Morgan fingerprint density at radius 3 is 1.70 bits per heavy atom. The molecular formula is C45H73NO7. The van der Waals surface area contributed by atoms with Crippen molar-refractivity contribution in [3.8, 4) is 0 Å². The number of likely N-dealkylation sites (N-methyl/N-ethyl adjacent to an activating group) is 1. The Kier molecular flexibility index (Phi) is 33.2. The van der Waals surface area contributed by atoms with Crippen LogP contribution in [0.25, 0.3) is 0 Å². The standard InChI is InChI=1S/C45H73NO7/c1-6-8-10-12-14-16-18-20-22-24-26-28-30-32-34-36-44(48)53-41(39-51-38-37-42(45(49)50)46(3,4)5)40-52-43(47)35-33-31-29-27-25-23-21-19-17-15-13-11-9-7-2/h8-12,14-18,20-23,41-42H,6-7,13,19,24-40H2,1-5H3/b10-8+,11-9+,14-12+,17-15+,18-16+,22-20+,23-21+. The van der Waals surface area contributed by atoms with Crippen LogP contribution in [0.3, 0.4) is 0 Å². The van der Waals surface area contributed by atoms with Gasteiger partial charge in [-0.2, -0.15) is 0 Å². The smallest absolute Gasteiger partial charge is 0.306 e. The van der Waals surface area contributed by atoms with Gasteiger partial charge in [-0.1, -0.05) is 131 Å². The van der Waals surface area contributed by atoms with Crippen LogP contribution >= 0.6 is 0 Å². The maximum absolute atomic E-state index is 12.7. The molecule has 53 heavy (non-hydrogen) atoms. The van der Waals surface area contributed by atoms with Crippen molar-refractivity contribution in [1.29, 1.82) is 0 Å². The number of esters is 2. The molecule has 0 saturated heterocycles. The number of carboxylic acid groups (broad SMARTS) is 1. The minimum absolute atomic E-state index is 0.0179. The molecule has 0 rings (SSSR count). The summed E-state index contributed by atoms with van der Waals surface area (Å²) in [6.45, 7) is 4.33. The lowest BCUT2D eigenvalue weighted by molar-refractivity contribution is -0.889. The van der Waals surface area contributed by atoms with Gasteiger partial charge in [0.05, 0.1) is 40.3 Å². The van der Waals surface area contributed by atoms with Crippen LogP contribution < -0.4 is 5.11 Å². The molecule has 0 aliphatic rings. The molecule has 0 aliphatic heterocycles. The van der Waals surface area contributed by atoms with Crippen molar-refractivity contribution >= 4 is 17.9 Å². The van der Waals surface area contributed by atoms with E-state index in [1.165, 1.54) is 0 Å². The maximum Gasteiger partial charge on any atom is 0.306 e. The van der Waals surface area contributed by atoms with E-state index in [1.807, 2.05) is 30.4 Å². The second kappa shape index (κ2) is 35.5. The third-order valence-corrected chi connectivity index (χ3v) is 8.37. The van der Waals surface area contributed by atoms with Gasteiger partial charge in [-0.3, -0.25) is 9.59 Å². The largest absolute Gasteiger partial charge is 0.544 e. The van der Waals surface area contributed by atoms with Crippen LogP contribution in [0.5, 0.6) is 0 Å². The first-order chi connectivity index (χ1) is 25.6. The number of aliphatic carboxylic acids is 1. The summed E-state index contributed by atoms with van der Waals surface area (Å²) in [6, 6.07) is -0.738. The van der Waals surface area contributed by atoms with Crippen molar-refractivity contribution < 1.29 is 38.2 Å². The molecule has 8 heteroatoms. The Morgan fingerprint density at radius 1 is 0.585 bits per heavy atom. The summed E-state index contributed by atoms with van der Waals surface area (Å²) in [6.07, 6.45) is 44.6. The van der Waals surface area contributed by atoms with Gasteiger partial charge in [0.25, 0.3) is 0 Å². The van der Waals surface area contributed by atoms with Crippen molar-refractivity contribution in [2.45, 2.75) is 142 Å². The molecule has 0 bridgehead atoms. The summed E-state index contributed by atoms with van der Waals surface area (Å²) < 4.78 is 17.1. The van der Waals surface area contributed by atoms with E-state index in [9.17, 15) is 19.5 Å². The van der Waals surface area contributed by atoms with Crippen LogP contribution in [0.15, 0.2) is 85.1 Å². The lowest BCUT2D eigenvalue weighted by Crippen LogP contribution is -2.55. The van der Waals surface area contributed by atoms with E-state index in [1.54, 1.807) is 21.1 Å². The van der Waals surface area contributed by atoms with Gasteiger partial charge >= 0.3 is 11.9 Å². The zero-order valence-electron chi connectivity index (χ0n) is 33.9. The zero-order valence-corrected chi connectivity index (χ0v) is 33.9. The summed E-state index contributed by atoms with van der Waals surface area (Å²) in [4.78, 5) is 36.7. The van der Waals surface area contributed by atoms with Gasteiger partial charge in [0, 0.05) is 19.3 Å². The fraction of sp³-hybridized carbons (Fsp3) is 0.622. The Hall–Kier alpha value is -3.49. The minimum Gasteiger partial charge on any atom is -0.544 e. The lowest BCUT2D eigenvalue weighted by Gasteiger charge is -2.34. The molecule has 8 nitrogen and oxygen atoms in total. The Morgan fingerprint density at radius 2 is 1.09 bits per heavy atom. The van der Waals surface area contributed by atoms with E-state index < -0.39 is 18.1 Å². The SMILES string of the molecule is CC/C=C/C=C/C=C/C=C/CCCCCCCC(=O)OC(COCCC(C(=O)[O-])[N+](C)(C)C)COC(=O)CCCCCC/C=C/C/C=C/C/C=C/CC. The summed E-state index contributed by atoms with van der Waals surface area (Å²) in [7, 11) is 5.37. The molecule has 2 atom stereocenters. The van der Waals surface area contributed by atoms with E-state index >= 15 is 0 Å². The normalized spacial score (nSPS) is 13.9. The van der Waals surface area contributed by atoms with E-state index in [4.69, 9.17) is 14.2 Å². The predicted molar refractivity (Wildman–Crippen MR) is 217 cm³/mol. The van der Waals surface area contributed by atoms with Gasteiger partial charge in [0.1, 0.15) is 12.6 Å². The van der Waals surface area contributed by atoms with E-state index in [-0.39, 0.29) is 49.1 Å². The van der Waals surface area contributed by atoms with E-state index in [0.717, 1.165) is 96.3 Å². The van der Waals surface area contributed by atoms with Gasteiger partial charge in [-0.05, 0) is 64.2 Å². The number of hydrogen-bond donors (Lipinski definition) is 0. The highest BCUT2D eigenvalue weighted by atomic mass is 16.6. The summed E-state index contributed by atoms with van der Waals surface area (Å²) in [5.74, 6) is -1.81. The van der Waals surface area contributed by atoms with Gasteiger partial charge in [0.2, 0.25) is 0 Å². The highest BCUT2D eigenvalue weighted by Gasteiger charge is 2.25. The second-order valence-electron chi connectivity index (χ2n) is 14.2. The lowest BCUT2D eigenvalue weighted by atomic mass is 10.1. The first-order valence-corrected chi connectivity index (χ1v) is 20.2. The van der Waals surface area contributed by atoms with Gasteiger partial charge < -0.3 is 28.6 Å². The number of carboxylic acids is 1. The van der Waals surface area contributed by atoms with Crippen molar-refractivity contribution in [2.24, 2.45) is 0 Å². The van der Waals surface area contributed by atoms with Gasteiger partial charge in [0.15, 0.2) is 6.10 Å². The third kappa shape index (κ3) is 34.1. The van der Waals surface area contributed by atoms with Crippen LogP contribution in [0, 0.1) is 0 Å². The average molecular weight is 740 g/mol. The molecule has 0 aromatic carbocycles. The number of carbonyl (C=O) groups is 3. The molecule has 0 spiro atoms. The van der Waals surface area contributed by atoms with Crippen molar-refractivity contribution in [3.05, 3.63) is 85.1 Å². The molecule has 0 amide bonds. The zero-order chi connectivity index (χ0) is 39.3. The first-order valence-electron chi connectivity index (χ1n) is 20.2. The van der Waals surface area contributed by atoms with Crippen LogP contribution in [0.4, 0.5) is 0 Å². The summed E-state index contributed by atoms with van der Waals surface area (Å²) in [5, 5.41) is 11.6. The van der Waals surface area contributed by atoms with Crippen molar-refractivity contribution in [1.82, 2.24) is 0 Å². The predicted octanol–water partition coefficient (Wildman–Crippen LogP) is 9.24. The Bertz CT molecular complexity index is 1140. The number of rotatable bonds is 34. The summed E-state index contributed by atoms with van der Waals surface area (Å²) in [5.41, 5.74) is 0. The highest BCUT2D eigenvalue weighted by molar-refractivity contribution is 5.70. The number of carbonyl (C=O) groups excluding carboxylic acids is 3. The van der Waals surface area contributed by atoms with Gasteiger partial charge in [-0.25, -0.2) is 0 Å². The highest BCUT2D eigenvalue weighted by Crippen LogP contribution is 2.12. The second-order valence-corrected chi connectivity index (χ2v) is 14.2. The quantitative estimate of drug-likeness (QED) is 0.0213. The fourth-order valence-corrected chi connectivity index (χ4v) is 5.27. The molecular weight excluding hydrogens is 666 g/mol. The number of unbranched alkanes of at least 4 members (excludes halogenated alkanes) is 9. The topological polar surface area (TPSA) is 102 Å². The Labute approximate surface area is 323 Å². The van der Waals surface area contributed by atoms with Gasteiger partial charge in [-0.15, -0.1) is 0 Å².